The summed E-state index contributed by atoms with van der Waals surface area (Å²) in [7, 11) is 0. The van der Waals surface area contributed by atoms with E-state index >= 15 is 0 Å². The minimum atomic E-state index is 1.25. The van der Waals surface area contributed by atoms with E-state index in [-0.39, 0.29) is 0 Å². The number of unbranched alkanes of at least 4 members (excludes halogenated alkanes) is 13. The molecule has 0 saturated carbocycles. The molecule has 0 heterocycles. The summed E-state index contributed by atoms with van der Waals surface area (Å²) in [5.41, 5.74) is 0. The summed E-state index contributed by atoms with van der Waals surface area (Å²) in [5, 5.41) is 1.25. The SMILES string of the molecule is CCCCCCCCCCCCCCCC[Se]. The minimum absolute atomic E-state index is 1.25. The molecule has 0 unspecified atom stereocenters. The summed E-state index contributed by atoms with van der Waals surface area (Å²) in [4.78, 5) is 0. The van der Waals surface area contributed by atoms with E-state index in [1.54, 1.807) is 0 Å². The Labute approximate surface area is 118 Å². The predicted octanol–water partition coefficient (Wildman–Crippen LogP) is 6.05. The fourth-order valence-corrected chi connectivity index (χ4v) is 2.72. The Kier molecular flexibility index (Phi) is 17.0. The Morgan fingerprint density at radius 2 is 0.765 bits per heavy atom. The molecule has 103 valence electrons. The van der Waals surface area contributed by atoms with E-state index in [4.69, 9.17) is 0 Å². The number of hydrogen-bond acceptors (Lipinski definition) is 0. The second-order valence-corrected chi connectivity index (χ2v) is 6.16. The van der Waals surface area contributed by atoms with Crippen LogP contribution in [0.1, 0.15) is 96.8 Å². The molecule has 0 nitrogen and oxygen atoms in total. The van der Waals surface area contributed by atoms with Crippen molar-refractivity contribution in [2.75, 3.05) is 0 Å². The molecule has 0 aliphatic heterocycles. The molecule has 0 bridgehead atoms. The van der Waals surface area contributed by atoms with Crippen LogP contribution in [0.2, 0.25) is 5.32 Å². The van der Waals surface area contributed by atoms with Crippen molar-refractivity contribution >= 4 is 16.0 Å². The molecule has 0 fully saturated rings. The van der Waals surface area contributed by atoms with Crippen molar-refractivity contribution in [1.29, 1.82) is 0 Å². The Hall–Kier alpha value is 0.519. The second kappa shape index (κ2) is 16.5. The molecule has 0 spiro atoms. The Balaban J connectivity index is 2.85. The van der Waals surface area contributed by atoms with Crippen LogP contribution in [-0.2, 0) is 0 Å². The van der Waals surface area contributed by atoms with Gasteiger partial charge in [-0.05, 0) is 0 Å². The van der Waals surface area contributed by atoms with E-state index in [1.165, 1.54) is 95.2 Å². The van der Waals surface area contributed by atoms with Crippen molar-refractivity contribution < 1.29 is 0 Å². The van der Waals surface area contributed by atoms with Crippen LogP contribution in [0.5, 0.6) is 0 Å². The first kappa shape index (κ1) is 17.5. The monoisotopic (exact) mass is 305 g/mol. The summed E-state index contributed by atoms with van der Waals surface area (Å²) in [5.74, 6) is 0. The van der Waals surface area contributed by atoms with Crippen LogP contribution in [0.25, 0.3) is 0 Å². The molecule has 0 aromatic rings. The van der Waals surface area contributed by atoms with Gasteiger partial charge in [-0.15, -0.1) is 0 Å². The van der Waals surface area contributed by atoms with E-state index in [1.807, 2.05) is 0 Å². The summed E-state index contributed by atoms with van der Waals surface area (Å²) < 4.78 is 0. The molecular weight excluding hydrogens is 271 g/mol. The molecule has 0 aromatic carbocycles. The van der Waals surface area contributed by atoms with Crippen LogP contribution >= 0.6 is 0 Å². The molecule has 0 atom stereocenters. The number of hydrogen-bond donors (Lipinski definition) is 0. The van der Waals surface area contributed by atoms with Crippen molar-refractivity contribution in [1.82, 2.24) is 0 Å². The van der Waals surface area contributed by atoms with Gasteiger partial charge in [-0.2, -0.15) is 0 Å². The molecule has 0 aliphatic rings. The second-order valence-electron chi connectivity index (χ2n) is 5.30. The van der Waals surface area contributed by atoms with Gasteiger partial charge >= 0.3 is 92.0 Å². The summed E-state index contributed by atoms with van der Waals surface area (Å²) in [6.45, 7) is 2.29. The average molecular weight is 304 g/mol. The van der Waals surface area contributed by atoms with Gasteiger partial charge < -0.3 is 0 Å². The molecule has 17 heavy (non-hydrogen) atoms. The van der Waals surface area contributed by atoms with E-state index in [0.29, 0.717) is 0 Å². The zero-order chi connectivity index (χ0) is 12.6. The normalized spacial score (nSPS) is 10.9. The topological polar surface area (TPSA) is 0 Å². The van der Waals surface area contributed by atoms with Gasteiger partial charge in [0.1, 0.15) is 0 Å². The van der Waals surface area contributed by atoms with Gasteiger partial charge in [0.05, 0.1) is 0 Å². The van der Waals surface area contributed by atoms with Crippen LogP contribution < -0.4 is 0 Å². The van der Waals surface area contributed by atoms with Crippen LogP contribution in [-0.4, -0.2) is 16.0 Å². The van der Waals surface area contributed by atoms with Crippen LogP contribution in [0.15, 0.2) is 0 Å². The van der Waals surface area contributed by atoms with Crippen LogP contribution in [0.4, 0.5) is 0 Å². The van der Waals surface area contributed by atoms with Gasteiger partial charge in [0.2, 0.25) is 0 Å². The van der Waals surface area contributed by atoms with Crippen molar-refractivity contribution in [2.24, 2.45) is 0 Å². The van der Waals surface area contributed by atoms with Crippen molar-refractivity contribution in [3.05, 3.63) is 0 Å². The van der Waals surface area contributed by atoms with Gasteiger partial charge in [0.25, 0.3) is 0 Å². The molecule has 0 rings (SSSR count). The molecule has 0 aliphatic carbocycles. The van der Waals surface area contributed by atoms with Crippen LogP contribution in [0, 0.1) is 0 Å². The van der Waals surface area contributed by atoms with Gasteiger partial charge in [-0.25, -0.2) is 0 Å². The van der Waals surface area contributed by atoms with Crippen molar-refractivity contribution in [3.8, 4) is 0 Å². The zero-order valence-electron chi connectivity index (χ0n) is 12.0. The third kappa shape index (κ3) is 16.5. The standard InChI is InChI=1S/C16H33Se/c1-2-3-4-5-6-7-8-9-10-11-12-13-14-15-16-17/h2-16H2,1H3. The van der Waals surface area contributed by atoms with Gasteiger partial charge in [0.15, 0.2) is 0 Å². The van der Waals surface area contributed by atoms with E-state index in [9.17, 15) is 0 Å². The van der Waals surface area contributed by atoms with Gasteiger partial charge in [-0.3, -0.25) is 0 Å². The molecule has 1 heteroatoms. The number of rotatable bonds is 14. The fourth-order valence-electron chi connectivity index (χ4n) is 2.30. The summed E-state index contributed by atoms with van der Waals surface area (Å²) in [6.07, 6.45) is 20.4. The average Bonchev–Trinajstić information content (AvgIpc) is 2.35. The van der Waals surface area contributed by atoms with Gasteiger partial charge in [-0.1, -0.05) is 26.2 Å². The van der Waals surface area contributed by atoms with E-state index < -0.39 is 0 Å². The Bertz CT molecular complexity index is 109. The molecule has 0 aromatic heterocycles. The first-order valence-electron chi connectivity index (χ1n) is 8.00. The third-order valence-electron chi connectivity index (χ3n) is 3.50. The Morgan fingerprint density at radius 1 is 0.471 bits per heavy atom. The van der Waals surface area contributed by atoms with Crippen molar-refractivity contribution in [2.45, 2.75) is 102 Å². The molecule has 0 saturated heterocycles. The quantitative estimate of drug-likeness (QED) is 0.270. The molecule has 0 amide bonds. The Morgan fingerprint density at radius 3 is 1.06 bits per heavy atom. The maximum absolute atomic E-state index is 3.09. The first-order valence-corrected chi connectivity index (χ1v) is 9.21. The van der Waals surface area contributed by atoms with Crippen LogP contribution in [0.3, 0.4) is 0 Å². The molecular formula is C16H33Se. The summed E-state index contributed by atoms with van der Waals surface area (Å²) >= 11 is 3.09. The maximum atomic E-state index is 3.09. The third-order valence-corrected chi connectivity index (χ3v) is 4.10. The summed E-state index contributed by atoms with van der Waals surface area (Å²) in [6, 6.07) is 0. The molecule has 0 N–H and O–H groups in total. The first-order chi connectivity index (χ1) is 8.41. The van der Waals surface area contributed by atoms with Gasteiger partial charge in [0, 0.05) is 0 Å². The fraction of sp³-hybridized carbons (Fsp3) is 1.00. The molecule has 1 radical (unpaired) electrons. The zero-order valence-corrected chi connectivity index (χ0v) is 13.7. The van der Waals surface area contributed by atoms with E-state index in [2.05, 4.69) is 22.9 Å². The predicted molar refractivity (Wildman–Crippen MR) is 80.9 cm³/mol. The van der Waals surface area contributed by atoms with E-state index in [0.717, 1.165) is 0 Å². The van der Waals surface area contributed by atoms with Crippen molar-refractivity contribution in [3.63, 3.8) is 0 Å².